The van der Waals surface area contributed by atoms with E-state index in [1.165, 1.54) is 0 Å². The molecular formula is C12H11ClN4O. The highest BCUT2D eigenvalue weighted by molar-refractivity contribution is 6.33. The number of aliphatic hydroxyl groups excluding tert-OH is 1. The second-order valence-corrected chi connectivity index (χ2v) is 4.09. The number of nitrogens with zero attached hydrogens (tertiary/aromatic N) is 4. The van der Waals surface area contributed by atoms with Crippen molar-refractivity contribution in [2.75, 3.05) is 6.61 Å². The first kappa shape index (κ1) is 12.6. The Labute approximate surface area is 109 Å². The largest absolute Gasteiger partial charge is 0.396 e. The number of hydrogen-bond acceptors (Lipinski definition) is 4. The lowest BCUT2D eigenvalue weighted by Gasteiger charge is -2.07. The number of rotatable bonds is 4. The van der Waals surface area contributed by atoms with Crippen LogP contribution in [0.4, 0.5) is 0 Å². The number of nitriles is 1. The van der Waals surface area contributed by atoms with Crippen molar-refractivity contribution < 1.29 is 5.11 Å². The molecule has 0 unspecified atom stereocenters. The van der Waals surface area contributed by atoms with E-state index in [9.17, 15) is 0 Å². The lowest BCUT2D eigenvalue weighted by Crippen LogP contribution is -2.04. The molecule has 18 heavy (non-hydrogen) atoms. The van der Waals surface area contributed by atoms with Crippen LogP contribution in [0.15, 0.2) is 24.3 Å². The number of hydrogen-bond donors (Lipinski definition) is 1. The van der Waals surface area contributed by atoms with Crippen LogP contribution in [0.5, 0.6) is 0 Å². The van der Waals surface area contributed by atoms with Crippen LogP contribution in [0.2, 0.25) is 5.02 Å². The Morgan fingerprint density at radius 2 is 2.17 bits per heavy atom. The zero-order chi connectivity index (χ0) is 13.0. The third-order valence-electron chi connectivity index (χ3n) is 2.50. The van der Waals surface area contributed by atoms with E-state index in [4.69, 9.17) is 22.0 Å². The zero-order valence-electron chi connectivity index (χ0n) is 9.54. The fourth-order valence-electron chi connectivity index (χ4n) is 1.69. The Bertz CT molecular complexity index is 588. The average molecular weight is 263 g/mol. The Kier molecular flexibility index (Phi) is 3.92. The Morgan fingerprint density at radius 3 is 2.83 bits per heavy atom. The Balaban J connectivity index is 2.51. The van der Waals surface area contributed by atoms with Gasteiger partial charge in [0.1, 0.15) is 11.8 Å². The van der Waals surface area contributed by atoms with Gasteiger partial charge in [0.25, 0.3) is 0 Å². The summed E-state index contributed by atoms with van der Waals surface area (Å²) in [6.45, 7) is 0.551. The van der Waals surface area contributed by atoms with Gasteiger partial charge in [0.2, 0.25) is 0 Å². The molecule has 0 saturated heterocycles. The molecule has 0 aliphatic carbocycles. The van der Waals surface area contributed by atoms with Crippen LogP contribution in [0, 0.1) is 11.3 Å². The molecule has 0 fully saturated rings. The van der Waals surface area contributed by atoms with Gasteiger partial charge in [-0.1, -0.05) is 35.0 Å². The van der Waals surface area contributed by atoms with Crippen molar-refractivity contribution in [3.63, 3.8) is 0 Å². The molecule has 1 aromatic carbocycles. The van der Waals surface area contributed by atoms with Crippen LogP contribution >= 0.6 is 11.6 Å². The summed E-state index contributed by atoms with van der Waals surface area (Å²) in [4.78, 5) is 0. The molecule has 0 atom stereocenters. The first-order valence-corrected chi connectivity index (χ1v) is 5.85. The van der Waals surface area contributed by atoms with Crippen LogP contribution in [0.25, 0.3) is 11.3 Å². The second kappa shape index (κ2) is 5.63. The minimum atomic E-state index is 0.0592. The monoisotopic (exact) mass is 262 g/mol. The van der Waals surface area contributed by atoms with Crippen molar-refractivity contribution >= 4 is 11.6 Å². The van der Waals surface area contributed by atoms with E-state index in [1.54, 1.807) is 10.7 Å². The topological polar surface area (TPSA) is 74.7 Å². The molecule has 2 aromatic rings. The van der Waals surface area contributed by atoms with E-state index in [0.29, 0.717) is 23.7 Å². The molecule has 0 aliphatic heterocycles. The highest BCUT2D eigenvalue weighted by Gasteiger charge is 2.16. The summed E-state index contributed by atoms with van der Waals surface area (Å²) in [6, 6.07) is 9.23. The van der Waals surface area contributed by atoms with E-state index in [1.807, 2.05) is 24.3 Å². The number of halogens is 1. The summed E-state index contributed by atoms with van der Waals surface area (Å²) in [5.41, 5.74) is 1.55. The van der Waals surface area contributed by atoms with E-state index in [0.717, 1.165) is 5.56 Å². The van der Waals surface area contributed by atoms with Crippen molar-refractivity contribution in [2.24, 2.45) is 0 Å². The van der Waals surface area contributed by atoms with Crippen molar-refractivity contribution in [1.82, 2.24) is 15.0 Å². The van der Waals surface area contributed by atoms with Gasteiger partial charge in [-0.05, 0) is 12.5 Å². The zero-order valence-corrected chi connectivity index (χ0v) is 10.3. The number of aliphatic hydroxyl groups is 1. The number of benzene rings is 1. The second-order valence-electron chi connectivity index (χ2n) is 3.68. The fraction of sp³-hybridized carbons (Fsp3) is 0.250. The molecule has 2 rings (SSSR count). The van der Waals surface area contributed by atoms with Crippen LogP contribution in [-0.4, -0.2) is 26.7 Å². The van der Waals surface area contributed by atoms with Crippen molar-refractivity contribution in [2.45, 2.75) is 13.0 Å². The Hall–Kier alpha value is -1.90. The summed E-state index contributed by atoms with van der Waals surface area (Å²) in [7, 11) is 0. The first-order valence-electron chi connectivity index (χ1n) is 5.47. The van der Waals surface area contributed by atoms with E-state index >= 15 is 0 Å². The lowest BCUT2D eigenvalue weighted by molar-refractivity contribution is 0.276. The van der Waals surface area contributed by atoms with Crippen molar-refractivity contribution in [3.8, 4) is 17.3 Å². The van der Waals surface area contributed by atoms with Gasteiger partial charge in [0, 0.05) is 18.7 Å². The molecule has 6 heteroatoms. The average Bonchev–Trinajstić information content (AvgIpc) is 2.79. The summed E-state index contributed by atoms with van der Waals surface area (Å²) >= 11 is 6.12. The summed E-state index contributed by atoms with van der Waals surface area (Å²) < 4.78 is 1.59. The minimum Gasteiger partial charge on any atom is -0.396 e. The van der Waals surface area contributed by atoms with Crippen molar-refractivity contribution in [3.05, 3.63) is 35.0 Å². The smallest absolute Gasteiger partial charge is 0.190 e. The van der Waals surface area contributed by atoms with Gasteiger partial charge in [0.05, 0.1) is 5.02 Å². The van der Waals surface area contributed by atoms with Gasteiger partial charge in [-0.25, -0.2) is 4.68 Å². The fourth-order valence-corrected chi connectivity index (χ4v) is 1.91. The molecule has 1 heterocycles. The minimum absolute atomic E-state index is 0.0592. The first-order chi connectivity index (χ1) is 8.77. The maximum Gasteiger partial charge on any atom is 0.190 e. The molecule has 0 radical (unpaired) electrons. The molecule has 1 aromatic heterocycles. The summed E-state index contributed by atoms with van der Waals surface area (Å²) in [5, 5.41) is 26.2. The molecule has 92 valence electrons. The maximum atomic E-state index is 9.05. The molecule has 1 N–H and O–H groups in total. The standard InChI is InChI=1S/C12H11ClN4O/c13-10-5-2-1-4-9(10)12-11(8-14)15-16-17(12)6-3-7-18/h1-2,4-5,18H,3,6-7H2. The highest BCUT2D eigenvalue weighted by atomic mass is 35.5. The van der Waals surface area contributed by atoms with Crippen LogP contribution in [0.3, 0.4) is 0 Å². The maximum absolute atomic E-state index is 9.05. The predicted molar refractivity (Wildman–Crippen MR) is 66.9 cm³/mol. The molecule has 0 bridgehead atoms. The molecule has 5 nitrogen and oxygen atoms in total. The third-order valence-corrected chi connectivity index (χ3v) is 2.83. The number of aromatic nitrogens is 3. The SMILES string of the molecule is N#Cc1nnn(CCCO)c1-c1ccccc1Cl. The van der Waals surface area contributed by atoms with Gasteiger partial charge in [-0.2, -0.15) is 5.26 Å². The molecule has 0 saturated carbocycles. The van der Waals surface area contributed by atoms with Gasteiger partial charge in [0.15, 0.2) is 5.69 Å². The highest BCUT2D eigenvalue weighted by Crippen LogP contribution is 2.29. The van der Waals surface area contributed by atoms with Crippen molar-refractivity contribution in [1.29, 1.82) is 5.26 Å². The quantitative estimate of drug-likeness (QED) is 0.912. The van der Waals surface area contributed by atoms with E-state index < -0.39 is 0 Å². The van der Waals surface area contributed by atoms with E-state index in [2.05, 4.69) is 10.3 Å². The molecule has 0 aliphatic rings. The van der Waals surface area contributed by atoms with Crippen LogP contribution in [-0.2, 0) is 6.54 Å². The van der Waals surface area contributed by atoms with Gasteiger partial charge >= 0.3 is 0 Å². The summed E-state index contributed by atoms with van der Waals surface area (Å²) in [6.07, 6.45) is 0.547. The van der Waals surface area contributed by atoms with Crippen LogP contribution < -0.4 is 0 Å². The normalized spacial score (nSPS) is 10.3. The molecular weight excluding hydrogens is 252 g/mol. The molecule has 0 spiro atoms. The Morgan fingerprint density at radius 1 is 1.39 bits per heavy atom. The van der Waals surface area contributed by atoms with Crippen LogP contribution in [0.1, 0.15) is 12.1 Å². The lowest BCUT2D eigenvalue weighted by atomic mass is 10.1. The molecule has 0 amide bonds. The summed E-state index contributed by atoms with van der Waals surface area (Å²) in [5.74, 6) is 0. The van der Waals surface area contributed by atoms with Gasteiger partial charge in [-0.3, -0.25) is 0 Å². The van der Waals surface area contributed by atoms with Gasteiger partial charge < -0.3 is 5.11 Å². The van der Waals surface area contributed by atoms with Gasteiger partial charge in [-0.15, -0.1) is 5.10 Å². The van der Waals surface area contributed by atoms with E-state index in [-0.39, 0.29) is 12.3 Å². The number of aryl methyl sites for hydroxylation is 1. The predicted octanol–water partition coefficient (Wildman–Crippen LogP) is 1.85. The third kappa shape index (κ3) is 2.35.